The molecule has 3 heterocycles. The SMILES string of the molecule is CN[C@@H](C)C(=O)N[C@H](C(=O)N1CCCC1C(=O)N[C@@H]1CCCc2c1cccc2N1CCN(c2cccc3c2CCC[C@H]3NC(=O)C2CCCN2C(=O)[C@@H](NC(=O)[C@H](C)NC)C(C)C)CC1)C(C)C. The Morgan fingerprint density at radius 3 is 1.25 bits per heavy atom. The van der Waals surface area contributed by atoms with Crippen molar-refractivity contribution >= 4 is 46.8 Å². The number of likely N-dealkylation sites (tertiary alicyclic amines) is 2. The van der Waals surface area contributed by atoms with Crippen molar-refractivity contribution < 1.29 is 28.8 Å². The second kappa shape index (κ2) is 22.5. The normalized spacial score (nSPS) is 23.3. The summed E-state index contributed by atoms with van der Waals surface area (Å²) in [5.74, 6) is -1.43. The lowest BCUT2D eigenvalue weighted by Crippen LogP contribution is -2.57. The van der Waals surface area contributed by atoms with Gasteiger partial charge in [0, 0.05) is 50.6 Å². The highest BCUT2D eigenvalue weighted by atomic mass is 16.2. The van der Waals surface area contributed by atoms with Crippen LogP contribution in [0.4, 0.5) is 11.4 Å². The number of rotatable bonds is 16. The molecule has 0 radical (unpaired) electrons. The van der Waals surface area contributed by atoms with E-state index in [9.17, 15) is 28.8 Å². The van der Waals surface area contributed by atoms with Crippen LogP contribution >= 0.6 is 0 Å². The highest BCUT2D eigenvalue weighted by molar-refractivity contribution is 5.95. The van der Waals surface area contributed by atoms with Gasteiger partial charge in [0.25, 0.3) is 0 Å². The molecule has 3 aliphatic heterocycles. The molecule has 6 amide bonds. The van der Waals surface area contributed by atoms with Gasteiger partial charge in [-0.1, -0.05) is 52.0 Å². The quantitative estimate of drug-likeness (QED) is 0.146. The van der Waals surface area contributed by atoms with E-state index in [4.69, 9.17) is 0 Å². The van der Waals surface area contributed by atoms with Crippen LogP contribution in [0.15, 0.2) is 36.4 Å². The molecule has 2 unspecified atom stereocenters. The van der Waals surface area contributed by atoms with Crippen molar-refractivity contribution in [3.05, 3.63) is 58.7 Å². The van der Waals surface area contributed by atoms with E-state index >= 15 is 0 Å². The minimum Gasteiger partial charge on any atom is -0.368 e. The number of carbonyl (C=O) groups excluding carboxylic acids is 6. The van der Waals surface area contributed by atoms with E-state index in [2.05, 4.69) is 78.1 Å². The van der Waals surface area contributed by atoms with Gasteiger partial charge in [0.1, 0.15) is 24.2 Å². The third-order valence-corrected chi connectivity index (χ3v) is 15.3. The molecule has 3 fully saturated rings. The second-order valence-electron chi connectivity index (χ2n) is 20.4. The first-order valence-corrected chi connectivity index (χ1v) is 25.5. The number of piperazine rings is 1. The Morgan fingerprint density at radius 2 is 0.897 bits per heavy atom. The van der Waals surface area contributed by atoms with Crippen molar-refractivity contribution in [1.82, 2.24) is 41.7 Å². The number of benzene rings is 2. The monoisotopic (exact) mass is 939 g/mol. The Balaban J connectivity index is 0.981. The molecule has 0 bridgehead atoms. The zero-order valence-electron chi connectivity index (χ0n) is 41.8. The van der Waals surface area contributed by atoms with Gasteiger partial charge >= 0.3 is 0 Å². The lowest BCUT2D eigenvalue weighted by molar-refractivity contribution is -0.142. The fourth-order valence-corrected chi connectivity index (χ4v) is 11.1. The van der Waals surface area contributed by atoms with E-state index in [0.29, 0.717) is 25.9 Å². The Hall–Kier alpha value is -5.22. The number of nitrogens with zero attached hydrogens (tertiary/aromatic N) is 4. The summed E-state index contributed by atoms with van der Waals surface area (Å²) in [6, 6.07) is 9.15. The third-order valence-electron chi connectivity index (χ3n) is 15.3. The van der Waals surface area contributed by atoms with E-state index in [0.717, 1.165) is 88.7 Å². The van der Waals surface area contributed by atoms with Gasteiger partial charge in [-0.25, -0.2) is 0 Å². The van der Waals surface area contributed by atoms with Gasteiger partial charge in [0.15, 0.2) is 0 Å². The van der Waals surface area contributed by atoms with Gasteiger partial charge in [-0.2, -0.15) is 0 Å². The van der Waals surface area contributed by atoms with Gasteiger partial charge in [-0.05, 0) is 138 Å². The van der Waals surface area contributed by atoms with Crippen molar-refractivity contribution in [2.45, 2.75) is 154 Å². The average Bonchev–Trinajstić information content (AvgIpc) is 4.05. The van der Waals surface area contributed by atoms with Crippen molar-refractivity contribution in [2.75, 3.05) is 63.2 Å². The molecule has 0 saturated carbocycles. The molecule has 372 valence electrons. The molecule has 16 heteroatoms. The van der Waals surface area contributed by atoms with Crippen LogP contribution in [0, 0.1) is 11.8 Å². The van der Waals surface area contributed by atoms with Crippen LogP contribution in [0.5, 0.6) is 0 Å². The van der Waals surface area contributed by atoms with Crippen molar-refractivity contribution in [3.8, 4) is 0 Å². The van der Waals surface area contributed by atoms with E-state index in [-0.39, 0.29) is 59.4 Å². The molecule has 6 N–H and O–H groups in total. The first-order valence-electron chi connectivity index (χ1n) is 25.5. The van der Waals surface area contributed by atoms with Crippen LogP contribution in [0.25, 0.3) is 0 Å². The van der Waals surface area contributed by atoms with Crippen LogP contribution < -0.4 is 41.7 Å². The maximum Gasteiger partial charge on any atom is 0.246 e. The number of fused-ring (bicyclic) bond motifs is 2. The molecule has 3 saturated heterocycles. The zero-order chi connectivity index (χ0) is 48.8. The molecule has 7 rings (SSSR count). The number of hydrogen-bond donors (Lipinski definition) is 6. The van der Waals surface area contributed by atoms with E-state index in [1.807, 2.05) is 27.7 Å². The van der Waals surface area contributed by atoms with E-state index in [1.54, 1.807) is 37.7 Å². The number of carbonyl (C=O) groups is 6. The smallest absolute Gasteiger partial charge is 0.246 e. The van der Waals surface area contributed by atoms with Gasteiger partial charge in [-0.3, -0.25) is 28.8 Å². The van der Waals surface area contributed by atoms with Crippen LogP contribution in [-0.4, -0.2) is 135 Å². The largest absolute Gasteiger partial charge is 0.368 e. The molecule has 0 aromatic heterocycles. The molecule has 8 atom stereocenters. The standard InChI is InChI=1S/C52H78N10O6/c1-31(2)45(57-47(63)33(5)53-7)51(67)61-25-13-23-43(61)49(65)55-39-19-9-17-37-35(39)15-11-21-41(37)59-27-29-60(30-28-59)42-22-12-16-36-38(42)18-10-20-40(36)56-50(66)44-24-14-26-62(44)52(68)46(32(3)4)58-48(64)34(6)54-8/h11-12,15-16,21-22,31-34,39-40,43-46,53-54H,9-10,13-14,17-20,23-30H2,1-8H3,(H,55,65)(H,56,66)(H,57,63)(H,58,64)/t33-,34-,39+,40+,43?,44?,45-,46-/m0/s1. The molecule has 2 aliphatic carbocycles. The fraction of sp³-hybridized carbons (Fsp3) is 0.654. The maximum absolute atomic E-state index is 14.1. The van der Waals surface area contributed by atoms with E-state index in [1.165, 1.54) is 22.5 Å². The molecule has 16 nitrogen and oxygen atoms in total. The summed E-state index contributed by atoms with van der Waals surface area (Å²) in [4.78, 5) is 89.8. The highest BCUT2D eigenvalue weighted by Gasteiger charge is 2.42. The summed E-state index contributed by atoms with van der Waals surface area (Å²) in [7, 11) is 3.42. The Bertz CT molecular complexity index is 2010. The number of hydrogen-bond acceptors (Lipinski definition) is 10. The summed E-state index contributed by atoms with van der Waals surface area (Å²) in [5, 5.41) is 18.5. The molecule has 2 aromatic rings. The second-order valence-corrected chi connectivity index (χ2v) is 20.4. The predicted molar refractivity (Wildman–Crippen MR) is 265 cm³/mol. The Morgan fingerprint density at radius 1 is 0.515 bits per heavy atom. The lowest BCUT2D eigenvalue weighted by Gasteiger charge is -2.41. The van der Waals surface area contributed by atoms with Crippen molar-refractivity contribution in [2.24, 2.45) is 11.8 Å². The first-order chi connectivity index (χ1) is 32.6. The minimum absolute atomic E-state index is 0.133. The van der Waals surface area contributed by atoms with Crippen LogP contribution in [0.1, 0.15) is 127 Å². The summed E-state index contributed by atoms with van der Waals surface area (Å²) in [6.45, 7) is 15.5. The number of likely N-dealkylation sites (N-methyl/N-ethyl adjacent to an activating group) is 2. The molecular formula is C52H78N10O6. The summed E-state index contributed by atoms with van der Waals surface area (Å²) in [6.07, 6.45) is 8.07. The van der Waals surface area contributed by atoms with Gasteiger partial charge in [0.2, 0.25) is 35.4 Å². The first kappa shape index (κ1) is 50.7. The molecular weight excluding hydrogens is 861 g/mol. The molecule has 2 aromatic carbocycles. The van der Waals surface area contributed by atoms with Gasteiger partial charge in [0.05, 0.1) is 24.2 Å². The third kappa shape index (κ3) is 11.0. The van der Waals surface area contributed by atoms with E-state index < -0.39 is 36.3 Å². The van der Waals surface area contributed by atoms with Gasteiger partial charge in [-0.15, -0.1) is 0 Å². The Labute approximate surface area is 403 Å². The number of nitrogens with one attached hydrogen (secondary N) is 6. The molecule has 0 spiro atoms. The van der Waals surface area contributed by atoms with Gasteiger partial charge < -0.3 is 51.5 Å². The molecule has 68 heavy (non-hydrogen) atoms. The molecule has 5 aliphatic rings. The maximum atomic E-state index is 14.1. The average molecular weight is 939 g/mol. The van der Waals surface area contributed by atoms with Crippen LogP contribution in [-0.2, 0) is 41.6 Å². The fourth-order valence-electron chi connectivity index (χ4n) is 11.1. The number of anilines is 2. The Kier molecular flexibility index (Phi) is 16.7. The summed E-state index contributed by atoms with van der Waals surface area (Å²) < 4.78 is 0. The topological polar surface area (TPSA) is 188 Å². The zero-order valence-corrected chi connectivity index (χ0v) is 41.8. The highest BCUT2D eigenvalue weighted by Crippen LogP contribution is 2.39. The van der Waals surface area contributed by atoms with Crippen LogP contribution in [0.2, 0.25) is 0 Å². The van der Waals surface area contributed by atoms with Crippen LogP contribution in [0.3, 0.4) is 0 Å². The summed E-state index contributed by atoms with van der Waals surface area (Å²) >= 11 is 0. The summed E-state index contributed by atoms with van der Waals surface area (Å²) in [5.41, 5.74) is 7.30. The minimum atomic E-state index is -0.713. The lowest BCUT2D eigenvalue weighted by atomic mass is 9.85. The number of amides is 6. The predicted octanol–water partition coefficient (Wildman–Crippen LogP) is 3.48. The van der Waals surface area contributed by atoms with Crippen molar-refractivity contribution in [3.63, 3.8) is 0 Å². The van der Waals surface area contributed by atoms with Crippen molar-refractivity contribution in [1.29, 1.82) is 0 Å².